The average molecular weight is 353 g/mol. The third kappa shape index (κ3) is 5.79. The summed E-state index contributed by atoms with van der Waals surface area (Å²) in [6.45, 7) is 0. The number of hydrogen-bond acceptors (Lipinski definition) is 5. The van der Waals surface area contributed by atoms with Crippen molar-refractivity contribution >= 4 is 35.1 Å². The molecular formula is C18H15N3O3S. The number of nitriles is 1. The minimum absolute atomic E-state index is 0.00456. The number of anilines is 1. The van der Waals surface area contributed by atoms with Gasteiger partial charge >= 0.3 is 0 Å². The zero-order chi connectivity index (χ0) is 18.1. The van der Waals surface area contributed by atoms with Crippen molar-refractivity contribution in [1.82, 2.24) is 0 Å². The molecule has 0 saturated heterocycles. The number of nitro benzene ring substituents is 1. The lowest BCUT2D eigenvalue weighted by Crippen LogP contribution is -2.08. The van der Waals surface area contributed by atoms with Gasteiger partial charge in [-0.1, -0.05) is 12.1 Å². The Morgan fingerprint density at radius 3 is 2.64 bits per heavy atom. The highest BCUT2D eigenvalue weighted by molar-refractivity contribution is 7.99. The summed E-state index contributed by atoms with van der Waals surface area (Å²) in [5, 5.41) is 22.0. The fraction of sp³-hybridized carbons (Fsp3) is 0.111. The summed E-state index contributed by atoms with van der Waals surface area (Å²) in [7, 11) is 0. The van der Waals surface area contributed by atoms with E-state index in [9.17, 15) is 14.9 Å². The molecule has 0 heterocycles. The van der Waals surface area contributed by atoms with Crippen molar-refractivity contribution in [3.63, 3.8) is 0 Å². The number of hydrogen-bond donors (Lipinski definition) is 1. The van der Waals surface area contributed by atoms with Crippen LogP contribution in [0.25, 0.3) is 6.08 Å². The smallest absolute Gasteiger partial charge is 0.269 e. The maximum atomic E-state index is 12.1. The van der Waals surface area contributed by atoms with Crippen LogP contribution in [0.5, 0.6) is 0 Å². The molecule has 2 aromatic carbocycles. The van der Waals surface area contributed by atoms with Crippen LogP contribution in [0, 0.1) is 21.4 Å². The van der Waals surface area contributed by atoms with E-state index in [-0.39, 0.29) is 11.6 Å². The van der Waals surface area contributed by atoms with Crippen molar-refractivity contribution in [1.29, 1.82) is 5.26 Å². The van der Waals surface area contributed by atoms with E-state index in [0.29, 0.717) is 23.4 Å². The number of carbonyl (C=O) groups is 1. The highest BCUT2D eigenvalue weighted by Gasteiger charge is 2.05. The van der Waals surface area contributed by atoms with Crippen LogP contribution in [0.2, 0.25) is 0 Å². The highest BCUT2D eigenvalue weighted by Crippen LogP contribution is 2.27. The van der Waals surface area contributed by atoms with Crippen LogP contribution >= 0.6 is 11.8 Å². The van der Waals surface area contributed by atoms with Gasteiger partial charge in [0.25, 0.3) is 5.69 Å². The maximum absolute atomic E-state index is 12.1. The molecule has 0 unspecified atom stereocenters. The van der Waals surface area contributed by atoms with Crippen molar-refractivity contribution in [3.8, 4) is 6.07 Å². The first-order valence-electron chi connectivity index (χ1n) is 7.42. The van der Waals surface area contributed by atoms with Crippen LogP contribution in [0.4, 0.5) is 11.4 Å². The van der Waals surface area contributed by atoms with Crippen LogP contribution in [0.15, 0.2) is 59.5 Å². The number of para-hydroxylation sites is 1. The minimum Gasteiger partial charge on any atom is -0.321 e. The molecule has 126 valence electrons. The zero-order valence-corrected chi connectivity index (χ0v) is 14.0. The summed E-state index contributed by atoms with van der Waals surface area (Å²) < 4.78 is 0. The first-order valence-corrected chi connectivity index (χ1v) is 8.41. The van der Waals surface area contributed by atoms with E-state index in [4.69, 9.17) is 5.26 Å². The minimum atomic E-state index is -0.471. The van der Waals surface area contributed by atoms with Crippen molar-refractivity contribution in [3.05, 3.63) is 70.3 Å². The molecule has 0 saturated carbocycles. The second-order valence-corrected chi connectivity index (χ2v) is 6.06. The number of nitrogens with one attached hydrogen (secondary N) is 1. The molecule has 0 fully saturated rings. The van der Waals surface area contributed by atoms with Gasteiger partial charge in [-0.3, -0.25) is 14.9 Å². The third-order valence-corrected chi connectivity index (χ3v) is 4.22. The third-order valence-electron chi connectivity index (χ3n) is 3.15. The van der Waals surface area contributed by atoms with Crippen molar-refractivity contribution in [2.24, 2.45) is 0 Å². The zero-order valence-electron chi connectivity index (χ0n) is 13.2. The summed E-state index contributed by atoms with van der Waals surface area (Å²) >= 11 is 1.51. The summed E-state index contributed by atoms with van der Waals surface area (Å²) in [6, 6.07) is 15.4. The fourth-order valence-corrected chi connectivity index (χ4v) is 2.82. The Morgan fingerprint density at radius 2 is 1.96 bits per heavy atom. The molecule has 2 aromatic rings. The molecule has 0 radical (unpaired) electrons. The van der Waals surface area contributed by atoms with E-state index in [0.717, 1.165) is 4.90 Å². The summed E-state index contributed by atoms with van der Waals surface area (Å²) in [5.41, 5.74) is 1.38. The molecule has 0 atom stereocenters. The Bertz CT molecular complexity index is 826. The quantitative estimate of drug-likeness (QED) is 0.264. The van der Waals surface area contributed by atoms with Gasteiger partial charge < -0.3 is 5.32 Å². The Labute approximate surface area is 149 Å². The molecular weight excluding hydrogens is 338 g/mol. The molecule has 0 bridgehead atoms. The number of nitro groups is 1. The van der Waals surface area contributed by atoms with Crippen LogP contribution < -0.4 is 5.32 Å². The van der Waals surface area contributed by atoms with Gasteiger partial charge in [-0.15, -0.1) is 11.8 Å². The molecule has 25 heavy (non-hydrogen) atoms. The first kappa shape index (κ1) is 18.2. The SMILES string of the molecule is N#CCCSc1ccccc1NC(=O)/C=C\c1ccc([N+](=O)[O-])cc1. The molecule has 1 N–H and O–H groups in total. The van der Waals surface area contributed by atoms with Gasteiger partial charge in [0.05, 0.1) is 16.7 Å². The molecule has 0 spiro atoms. The van der Waals surface area contributed by atoms with E-state index in [1.54, 1.807) is 24.3 Å². The number of amides is 1. The van der Waals surface area contributed by atoms with Gasteiger partial charge in [-0.05, 0) is 35.9 Å². The average Bonchev–Trinajstić information content (AvgIpc) is 2.62. The molecule has 6 nitrogen and oxygen atoms in total. The van der Waals surface area contributed by atoms with Gasteiger partial charge in [-0.25, -0.2) is 0 Å². The number of rotatable bonds is 7. The molecule has 2 rings (SSSR count). The normalized spacial score (nSPS) is 10.4. The summed E-state index contributed by atoms with van der Waals surface area (Å²) in [5.74, 6) is 0.355. The van der Waals surface area contributed by atoms with E-state index >= 15 is 0 Å². The highest BCUT2D eigenvalue weighted by atomic mass is 32.2. The van der Waals surface area contributed by atoms with Gasteiger partial charge in [0.1, 0.15) is 0 Å². The van der Waals surface area contributed by atoms with Crippen molar-refractivity contribution in [2.75, 3.05) is 11.1 Å². The number of non-ortho nitro benzene ring substituents is 1. The molecule has 0 aliphatic carbocycles. The van der Waals surface area contributed by atoms with E-state index in [1.165, 1.54) is 30.0 Å². The lowest BCUT2D eigenvalue weighted by atomic mass is 10.2. The predicted molar refractivity (Wildman–Crippen MR) is 98.2 cm³/mol. The van der Waals surface area contributed by atoms with Gasteiger partial charge in [0, 0.05) is 35.3 Å². The second kappa shape index (κ2) is 9.25. The molecule has 1 amide bonds. The van der Waals surface area contributed by atoms with Crippen LogP contribution in [-0.4, -0.2) is 16.6 Å². The topological polar surface area (TPSA) is 96.0 Å². The Kier molecular flexibility index (Phi) is 6.75. The summed E-state index contributed by atoms with van der Waals surface area (Å²) in [4.78, 5) is 23.1. The lowest BCUT2D eigenvalue weighted by molar-refractivity contribution is -0.384. The van der Waals surface area contributed by atoms with Crippen LogP contribution in [0.3, 0.4) is 0 Å². The van der Waals surface area contributed by atoms with Gasteiger partial charge in [0.2, 0.25) is 5.91 Å². The standard InChI is InChI=1S/C18H15N3O3S/c19-12-3-13-25-17-5-2-1-4-16(17)20-18(22)11-8-14-6-9-15(10-7-14)21(23)24/h1-2,4-11H,3,13H2,(H,20,22)/b11-8-. The first-order chi connectivity index (χ1) is 12.1. The molecule has 0 aliphatic heterocycles. The fourth-order valence-electron chi connectivity index (χ4n) is 1.96. The van der Waals surface area contributed by atoms with E-state index < -0.39 is 4.92 Å². The van der Waals surface area contributed by atoms with Crippen molar-refractivity contribution in [2.45, 2.75) is 11.3 Å². The van der Waals surface area contributed by atoms with Gasteiger partial charge in [0.15, 0.2) is 0 Å². The second-order valence-electron chi connectivity index (χ2n) is 4.92. The van der Waals surface area contributed by atoms with Crippen LogP contribution in [-0.2, 0) is 4.79 Å². The number of thioether (sulfide) groups is 1. The Morgan fingerprint density at radius 1 is 1.24 bits per heavy atom. The predicted octanol–water partition coefficient (Wildman–Crippen LogP) is 4.25. The lowest BCUT2D eigenvalue weighted by Gasteiger charge is -2.08. The number of carbonyl (C=O) groups excluding carboxylic acids is 1. The van der Waals surface area contributed by atoms with Crippen molar-refractivity contribution < 1.29 is 9.72 Å². The molecule has 0 aliphatic rings. The largest absolute Gasteiger partial charge is 0.321 e. The Hall–Kier alpha value is -3.11. The van der Waals surface area contributed by atoms with Crippen LogP contribution in [0.1, 0.15) is 12.0 Å². The van der Waals surface area contributed by atoms with E-state index in [1.807, 2.05) is 18.2 Å². The number of nitrogens with zero attached hydrogens (tertiary/aromatic N) is 2. The number of benzene rings is 2. The van der Waals surface area contributed by atoms with Gasteiger partial charge in [-0.2, -0.15) is 5.26 Å². The molecule has 0 aromatic heterocycles. The monoisotopic (exact) mass is 353 g/mol. The maximum Gasteiger partial charge on any atom is 0.269 e. The van der Waals surface area contributed by atoms with E-state index in [2.05, 4.69) is 11.4 Å². The Balaban J connectivity index is 2.00. The molecule has 7 heteroatoms. The summed E-state index contributed by atoms with van der Waals surface area (Å²) in [6.07, 6.45) is 3.40.